The first-order valence-electron chi connectivity index (χ1n) is 4.09. The first-order valence-corrected chi connectivity index (χ1v) is 8.85. The summed E-state index contributed by atoms with van der Waals surface area (Å²) >= 11 is 0. The van der Waals surface area contributed by atoms with Gasteiger partial charge in [-0.2, -0.15) is 8.42 Å². The van der Waals surface area contributed by atoms with Crippen LogP contribution in [0.2, 0.25) is 0 Å². The zero-order chi connectivity index (χ0) is 11.2. The molecule has 0 heterocycles. The fourth-order valence-electron chi connectivity index (χ4n) is 0.733. The van der Waals surface area contributed by atoms with Gasteiger partial charge in [-0.05, 0) is 17.2 Å². The summed E-state index contributed by atoms with van der Waals surface area (Å²) in [4.78, 5) is 0. The van der Waals surface area contributed by atoms with E-state index in [2.05, 4.69) is 0 Å². The van der Waals surface area contributed by atoms with Crippen LogP contribution >= 0.6 is 10.8 Å². The van der Waals surface area contributed by atoms with E-state index in [-0.39, 0.29) is 28.1 Å². The molecule has 0 saturated heterocycles. The summed E-state index contributed by atoms with van der Waals surface area (Å²) in [5.41, 5.74) is 0. The van der Waals surface area contributed by atoms with Crippen molar-refractivity contribution in [3.63, 3.8) is 0 Å². The highest BCUT2D eigenvalue weighted by Crippen LogP contribution is 2.10. The molecule has 0 radical (unpaired) electrons. The first-order chi connectivity index (χ1) is 6.27. The molecule has 0 saturated carbocycles. The summed E-state index contributed by atoms with van der Waals surface area (Å²) in [5.74, 6) is -0.252. The van der Waals surface area contributed by atoms with Crippen molar-refractivity contribution in [2.75, 3.05) is 17.3 Å². The van der Waals surface area contributed by atoms with Gasteiger partial charge < -0.3 is 0 Å². The number of rotatable bonds is 7. The van der Waals surface area contributed by atoms with Crippen LogP contribution < -0.4 is 0 Å². The molecule has 0 amide bonds. The quantitative estimate of drug-likeness (QED) is 0.537. The summed E-state index contributed by atoms with van der Waals surface area (Å²) in [6.45, 7) is 1.88. The van der Waals surface area contributed by atoms with Gasteiger partial charge in [0.25, 0.3) is 0 Å². The van der Waals surface area contributed by atoms with Crippen molar-refractivity contribution in [2.45, 2.75) is 19.8 Å². The van der Waals surface area contributed by atoms with Crippen LogP contribution in [0.4, 0.5) is 0 Å². The Labute approximate surface area is 88.3 Å². The Hall–Kier alpha value is 0.210. The fraction of sp³-hybridized carbons (Fsp3) is 1.00. The molecule has 0 fully saturated rings. The van der Waals surface area contributed by atoms with E-state index in [0.29, 0.717) is 6.42 Å². The monoisotopic (exact) mass is 262 g/mol. The average Bonchev–Trinajstić information content (AvgIpc) is 1.98. The van der Waals surface area contributed by atoms with Crippen LogP contribution in [0.5, 0.6) is 0 Å². The summed E-state index contributed by atoms with van der Waals surface area (Å²) in [6, 6.07) is 0. The highest BCUT2D eigenvalue weighted by atomic mass is 33.1. The maximum absolute atomic E-state index is 11.2. The Morgan fingerprint density at radius 1 is 1.14 bits per heavy atom. The maximum atomic E-state index is 11.2. The van der Waals surface area contributed by atoms with E-state index in [1.165, 1.54) is 0 Å². The zero-order valence-electron chi connectivity index (χ0n) is 7.84. The van der Waals surface area contributed by atoms with E-state index in [1.807, 2.05) is 6.92 Å². The molecular formula is C6H14O5S3. The second kappa shape index (κ2) is 5.94. The zero-order valence-corrected chi connectivity index (χ0v) is 10.3. The normalized spacial score (nSPS) is 13.0. The third-order valence-corrected chi connectivity index (χ3v) is 5.49. The summed E-state index contributed by atoms with van der Waals surface area (Å²) in [5, 5.41) is 0. The fourth-order valence-corrected chi connectivity index (χ4v) is 4.41. The molecule has 0 aromatic carbocycles. The van der Waals surface area contributed by atoms with Gasteiger partial charge in [0, 0.05) is 5.75 Å². The van der Waals surface area contributed by atoms with Crippen LogP contribution in [-0.2, 0) is 19.0 Å². The SMILES string of the molecule is CCCCS(=O)(=O)CCSS(=O)(=O)O. The molecule has 0 rings (SSSR count). The minimum absolute atomic E-state index is 0.0789. The molecular weight excluding hydrogens is 248 g/mol. The van der Waals surface area contributed by atoms with Crippen molar-refractivity contribution in [1.29, 1.82) is 0 Å². The number of sulfone groups is 1. The van der Waals surface area contributed by atoms with Gasteiger partial charge in [-0.15, -0.1) is 0 Å². The Morgan fingerprint density at radius 2 is 1.71 bits per heavy atom. The number of hydrogen-bond donors (Lipinski definition) is 1. The van der Waals surface area contributed by atoms with Crippen molar-refractivity contribution in [3.8, 4) is 0 Å². The second-order valence-corrected chi connectivity index (χ2v) is 8.53. The predicted octanol–water partition coefficient (Wildman–Crippen LogP) is 0.737. The smallest absolute Gasteiger partial charge is 0.277 e. The molecule has 0 aromatic rings. The van der Waals surface area contributed by atoms with Crippen molar-refractivity contribution >= 4 is 29.8 Å². The minimum atomic E-state index is -4.11. The van der Waals surface area contributed by atoms with Gasteiger partial charge in [0.05, 0.1) is 11.5 Å². The third kappa shape index (κ3) is 8.79. The molecule has 14 heavy (non-hydrogen) atoms. The van der Waals surface area contributed by atoms with Gasteiger partial charge in [0.15, 0.2) is 9.84 Å². The molecule has 0 aromatic heterocycles. The number of hydrogen-bond acceptors (Lipinski definition) is 5. The Morgan fingerprint density at radius 3 is 2.14 bits per heavy atom. The van der Waals surface area contributed by atoms with Crippen LogP contribution in [0.3, 0.4) is 0 Å². The highest BCUT2D eigenvalue weighted by molar-refractivity contribution is 8.70. The summed E-state index contributed by atoms with van der Waals surface area (Å²) in [6.07, 6.45) is 1.36. The lowest BCUT2D eigenvalue weighted by Crippen LogP contribution is -2.13. The minimum Gasteiger partial charge on any atom is -0.277 e. The molecule has 86 valence electrons. The van der Waals surface area contributed by atoms with E-state index >= 15 is 0 Å². The van der Waals surface area contributed by atoms with E-state index in [1.54, 1.807) is 0 Å². The summed E-state index contributed by atoms with van der Waals surface area (Å²) < 4.78 is 51.2. The molecule has 8 heteroatoms. The maximum Gasteiger partial charge on any atom is 0.319 e. The summed E-state index contributed by atoms with van der Waals surface area (Å²) in [7, 11) is -7.03. The third-order valence-electron chi connectivity index (χ3n) is 1.44. The predicted molar refractivity (Wildman–Crippen MR) is 57.6 cm³/mol. The molecule has 0 bridgehead atoms. The van der Waals surface area contributed by atoms with Gasteiger partial charge in [0.2, 0.25) is 0 Å². The van der Waals surface area contributed by atoms with E-state index in [9.17, 15) is 16.8 Å². The van der Waals surface area contributed by atoms with Crippen LogP contribution in [0.25, 0.3) is 0 Å². The van der Waals surface area contributed by atoms with E-state index in [0.717, 1.165) is 6.42 Å². The van der Waals surface area contributed by atoms with Gasteiger partial charge in [-0.3, -0.25) is 4.55 Å². The van der Waals surface area contributed by atoms with Crippen LogP contribution in [0, 0.1) is 0 Å². The molecule has 1 N–H and O–H groups in total. The van der Waals surface area contributed by atoms with Gasteiger partial charge in [-0.25, -0.2) is 8.42 Å². The average molecular weight is 262 g/mol. The van der Waals surface area contributed by atoms with Gasteiger partial charge in [0.1, 0.15) is 0 Å². The lowest BCUT2D eigenvalue weighted by molar-refractivity contribution is 0.503. The van der Waals surface area contributed by atoms with E-state index < -0.39 is 19.0 Å². The van der Waals surface area contributed by atoms with Crippen LogP contribution in [0.1, 0.15) is 19.8 Å². The second-order valence-electron chi connectivity index (χ2n) is 2.76. The standard InChI is InChI=1S/C6H14O5S3/c1-2-3-5-13(7,8)6-4-12-14(9,10)11/h2-6H2,1H3,(H,9,10,11). The Balaban J connectivity index is 3.89. The molecule has 0 aliphatic rings. The lowest BCUT2D eigenvalue weighted by atomic mass is 10.4. The van der Waals surface area contributed by atoms with Gasteiger partial charge in [-0.1, -0.05) is 13.3 Å². The molecule has 5 nitrogen and oxygen atoms in total. The van der Waals surface area contributed by atoms with Crippen molar-refractivity contribution in [3.05, 3.63) is 0 Å². The topological polar surface area (TPSA) is 88.5 Å². The molecule has 0 aliphatic carbocycles. The lowest BCUT2D eigenvalue weighted by Gasteiger charge is -2.01. The highest BCUT2D eigenvalue weighted by Gasteiger charge is 2.12. The first kappa shape index (κ1) is 14.2. The molecule has 0 spiro atoms. The molecule has 0 unspecified atom stereocenters. The molecule has 0 aliphatic heterocycles. The van der Waals surface area contributed by atoms with Crippen molar-refractivity contribution in [1.82, 2.24) is 0 Å². The Kier molecular flexibility index (Phi) is 6.03. The Bertz CT molecular complexity index is 342. The van der Waals surface area contributed by atoms with Gasteiger partial charge >= 0.3 is 9.15 Å². The van der Waals surface area contributed by atoms with Crippen LogP contribution in [-0.4, -0.2) is 38.6 Å². The largest absolute Gasteiger partial charge is 0.319 e. The molecule has 0 atom stereocenters. The number of unbranched alkanes of at least 4 members (excludes halogenated alkanes) is 1. The van der Waals surface area contributed by atoms with Crippen molar-refractivity contribution in [2.24, 2.45) is 0 Å². The van der Waals surface area contributed by atoms with E-state index in [4.69, 9.17) is 4.55 Å². The van der Waals surface area contributed by atoms with Crippen LogP contribution in [0.15, 0.2) is 0 Å². The van der Waals surface area contributed by atoms with Crippen molar-refractivity contribution < 1.29 is 21.4 Å².